The Bertz CT molecular complexity index is 1700. The third-order valence-electron chi connectivity index (χ3n) is 5.87. The molecule has 0 aliphatic rings. The standard InChI is InChI=1S/C29H22F3N3O4S/c1-2-40(37,38)22-13-10-19(11-14-22)16-28(36)35-20-12-15-23(24-7-3-4-9-27(24)39-29(30,31)32)25(17-20)26-8-5-6-21(18-33)34-26/h3-15,17H,2,16H2,1H3,(H,35,36). The molecule has 11 heteroatoms. The molecule has 0 bridgehead atoms. The van der Waals surface area contributed by atoms with Crippen LogP contribution in [-0.2, 0) is 21.1 Å². The molecule has 0 aliphatic carbocycles. The van der Waals surface area contributed by atoms with Crippen molar-refractivity contribution in [2.24, 2.45) is 0 Å². The summed E-state index contributed by atoms with van der Waals surface area (Å²) in [4.78, 5) is 17.3. The minimum atomic E-state index is -4.91. The van der Waals surface area contributed by atoms with Crippen molar-refractivity contribution < 1.29 is 31.1 Å². The maximum atomic E-state index is 13.1. The number of alkyl halides is 3. The number of rotatable bonds is 8. The number of halogens is 3. The number of para-hydroxylation sites is 1. The number of nitrogens with zero attached hydrogens (tertiary/aromatic N) is 2. The number of pyridine rings is 1. The van der Waals surface area contributed by atoms with Gasteiger partial charge in [-0.25, -0.2) is 13.4 Å². The highest BCUT2D eigenvalue weighted by molar-refractivity contribution is 7.91. The predicted octanol–water partition coefficient (Wildman–Crippen LogP) is 6.16. The molecule has 4 rings (SSSR count). The van der Waals surface area contributed by atoms with Crippen molar-refractivity contribution in [1.82, 2.24) is 4.98 Å². The first-order valence-electron chi connectivity index (χ1n) is 12.0. The molecule has 3 aromatic carbocycles. The molecule has 1 aromatic heterocycles. The number of carbonyl (C=O) groups excluding carboxylic acids is 1. The first kappa shape index (κ1) is 28.3. The molecular formula is C29H22F3N3O4S. The van der Waals surface area contributed by atoms with Crippen molar-refractivity contribution in [3.8, 4) is 34.2 Å². The predicted molar refractivity (Wildman–Crippen MR) is 143 cm³/mol. The van der Waals surface area contributed by atoms with E-state index in [0.717, 1.165) is 0 Å². The molecule has 0 spiro atoms. The summed E-state index contributed by atoms with van der Waals surface area (Å²) in [5, 5.41) is 12.1. The summed E-state index contributed by atoms with van der Waals surface area (Å²) in [5.41, 5.74) is 2.18. The number of aromatic nitrogens is 1. The number of ether oxygens (including phenoxy) is 1. The van der Waals surface area contributed by atoms with Gasteiger partial charge in [0.25, 0.3) is 0 Å². The van der Waals surface area contributed by atoms with Gasteiger partial charge in [0.1, 0.15) is 17.5 Å². The van der Waals surface area contributed by atoms with Crippen LogP contribution in [0.25, 0.3) is 22.4 Å². The minimum absolute atomic E-state index is 0.0376. The van der Waals surface area contributed by atoms with Crippen molar-refractivity contribution in [2.45, 2.75) is 24.6 Å². The summed E-state index contributed by atoms with van der Waals surface area (Å²) in [7, 11) is -3.37. The lowest BCUT2D eigenvalue weighted by Crippen LogP contribution is -2.17. The first-order chi connectivity index (χ1) is 19.0. The molecule has 0 fully saturated rings. The molecule has 1 amide bonds. The van der Waals surface area contributed by atoms with Crippen LogP contribution in [0.15, 0.2) is 89.8 Å². The molecule has 204 valence electrons. The molecule has 0 atom stereocenters. The summed E-state index contributed by atoms with van der Waals surface area (Å²) in [6.45, 7) is 1.55. The van der Waals surface area contributed by atoms with Crippen LogP contribution in [-0.4, -0.2) is 31.4 Å². The largest absolute Gasteiger partial charge is 0.573 e. The number of anilines is 1. The zero-order valence-electron chi connectivity index (χ0n) is 21.1. The third-order valence-corrected chi connectivity index (χ3v) is 7.62. The minimum Gasteiger partial charge on any atom is -0.405 e. The molecule has 1 N–H and O–H groups in total. The molecular weight excluding hydrogens is 543 g/mol. The summed E-state index contributed by atoms with van der Waals surface area (Å²) >= 11 is 0. The highest BCUT2D eigenvalue weighted by Crippen LogP contribution is 2.40. The maximum Gasteiger partial charge on any atom is 0.573 e. The third kappa shape index (κ3) is 6.84. The molecule has 0 saturated heterocycles. The fraction of sp³-hybridized carbons (Fsp3) is 0.138. The average Bonchev–Trinajstić information content (AvgIpc) is 2.93. The normalized spacial score (nSPS) is 11.5. The van der Waals surface area contributed by atoms with Crippen molar-refractivity contribution in [3.63, 3.8) is 0 Å². The monoisotopic (exact) mass is 565 g/mol. The van der Waals surface area contributed by atoms with Crippen molar-refractivity contribution >= 4 is 21.4 Å². The molecule has 0 saturated carbocycles. The van der Waals surface area contributed by atoms with Gasteiger partial charge in [0, 0.05) is 16.8 Å². The summed E-state index contributed by atoms with van der Waals surface area (Å²) in [6, 6.07) is 22.9. The molecule has 0 aliphatic heterocycles. The van der Waals surface area contributed by atoms with E-state index in [1.807, 2.05) is 6.07 Å². The van der Waals surface area contributed by atoms with E-state index in [1.54, 1.807) is 43.3 Å². The van der Waals surface area contributed by atoms with Crippen LogP contribution >= 0.6 is 0 Å². The van der Waals surface area contributed by atoms with Crippen molar-refractivity contribution in [3.05, 3.63) is 96.2 Å². The van der Waals surface area contributed by atoms with Gasteiger partial charge in [0.15, 0.2) is 9.84 Å². The summed E-state index contributed by atoms with van der Waals surface area (Å²) in [5.74, 6) is -0.855. The van der Waals surface area contributed by atoms with Gasteiger partial charge in [0.2, 0.25) is 5.91 Å². The zero-order valence-corrected chi connectivity index (χ0v) is 21.9. The van der Waals surface area contributed by atoms with E-state index in [4.69, 9.17) is 0 Å². The molecule has 4 aromatic rings. The van der Waals surface area contributed by atoms with E-state index in [2.05, 4.69) is 15.0 Å². The second kappa shape index (κ2) is 11.6. The number of sulfone groups is 1. The van der Waals surface area contributed by atoms with Crippen LogP contribution in [0.4, 0.5) is 18.9 Å². The number of nitriles is 1. The number of hydrogen-bond donors (Lipinski definition) is 1. The SMILES string of the molecule is CCS(=O)(=O)c1ccc(CC(=O)Nc2ccc(-c3ccccc3OC(F)(F)F)c(-c3cccc(C#N)n3)c2)cc1. The number of nitrogens with one attached hydrogen (secondary N) is 1. The molecule has 0 unspecified atom stereocenters. The fourth-order valence-corrected chi connectivity index (χ4v) is 4.87. The lowest BCUT2D eigenvalue weighted by molar-refractivity contribution is -0.274. The van der Waals surface area contributed by atoms with E-state index in [9.17, 15) is 31.6 Å². The Labute approximate surface area is 228 Å². The Morgan fingerprint density at radius 3 is 2.35 bits per heavy atom. The highest BCUT2D eigenvalue weighted by atomic mass is 32.2. The van der Waals surface area contributed by atoms with E-state index < -0.39 is 27.9 Å². The van der Waals surface area contributed by atoms with E-state index >= 15 is 0 Å². The number of amides is 1. The topological polar surface area (TPSA) is 109 Å². The molecule has 7 nitrogen and oxygen atoms in total. The highest BCUT2D eigenvalue weighted by Gasteiger charge is 2.32. The summed E-state index contributed by atoms with van der Waals surface area (Å²) in [6.07, 6.45) is -4.96. The van der Waals surface area contributed by atoms with E-state index in [1.165, 1.54) is 48.5 Å². The van der Waals surface area contributed by atoms with Gasteiger partial charge in [-0.15, -0.1) is 13.2 Å². The number of benzene rings is 3. The van der Waals surface area contributed by atoms with Gasteiger partial charge >= 0.3 is 6.36 Å². The second-order valence-corrected chi connectivity index (χ2v) is 10.9. The quantitative estimate of drug-likeness (QED) is 0.274. The second-order valence-electron chi connectivity index (χ2n) is 8.60. The Morgan fingerprint density at radius 2 is 1.68 bits per heavy atom. The van der Waals surface area contributed by atoms with Gasteiger partial charge < -0.3 is 10.1 Å². The van der Waals surface area contributed by atoms with Crippen LogP contribution < -0.4 is 10.1 Å². The Kier molecular flexibility index (Phi) is 8.21. The smallest absolute Gasteiger partial charge is 0.405 e. The van der Waals surface area contributed by atoms with Gasteiger partial charge in [-0.05, 0) is 53.6 Å². The van der Waals surface area contributed by atoms with E-state index in [0.29, 0.717) is 28.1 Å². The van der Waals surface area contributed by atoms with Crippen LogP contribution in [0.1, 0.15) is 18.2 Å². The lowest BCUT2D eigenvalue weighted by Gasteiger charge is -2.17. The van der Waals surface area contributed by atoms with Crippen LogP contribution in [0.2, 0.25) is 0 Å². The van der Waals surface area contributed by atoms with Gasteiger partial charge in [0.05, 0.1) is 22.8 Å². The van der Waals surface area contributed by atoms with Crippen molar-refractivity contribution in [1.29, 1.82) is 5.26 Å². The Balaban J connectivity index is 1.68. The average molecular weight is 566 g/mol. The van der Waals surface area contributed by atoms with E-state index in [-0.39, 0.29) is 28.3 Å². The maximum absolute atomic E-state index is 13.1. The lowest BCUT2D eigenvalue weighted by atomic mass is 9.95. The van der Waals surface area contributed by atoms with Gasteiger partial charge in [-0.2, -0.15) is 5.26 Å². The molecule has 40 heavy (non-hydrogen) atoms. The number of hydrogen-bond acceptors (Lipinski definition) is 6. The first-order valence-corrected chi connectivity index (χ1v) is 13.6. The zero-order chi connectivity index (χ0) is 28.9. The Hall–Kier alpha value is -4.69. The number of carbonyl (C=O) groups is 1. The van der Waals surface area contributed by atoms with Crippen molar-refractivity contribution in [2.75, 3.05) is 11.1 Å². The van der Waals surface area contributed by atoms with Gasteiger partial charge in [-0.1, -0.05) is 49.4 Å². The fourth-order valence-electron chi connectivity index (χ4n) is 3.99. The summed E-state index contributed by atoms with van der Waals surface area (Å²) < 4.78 is 67.6. The Morgan fingerprint density at radius 1 is 0.950 bits per heavy atom. The van der Waals surface area contributed by atoms with Crippen LogP contribution in [0, 0.1) is 11.3 Å². The van der Waals surface area contributed by atoms with Gasteiger partial charge in [-0.3, -0.25) is 4.79 Å². The van der Waals surface area contributed by atoms with Crippen LogP contribution in [0.5, 0.6) is 5.75 Å². The van der Waals surface area contributed by atoms with Crippen LogP contribution in [0.3, 0.4) is 0 Å². The molecule has 1 heterocycles. The molecule has 0 radical (unpaired) electrons.